The zero-order chi connectivity index (χ0) is 10.6. The quantitative estimate of drug-likeness (QED) is 0.655. The molecule has 4 nitrogen and oxygen atoms in total. The van der Waals surface area contributed by atoms with Crippen LogP contribution in [0, 0.1) is 5.92 Å². The molecular weight excluding hydrogens is 236 g/mol. The number of nitrogens with one attached hydrogen (secondary N) is 1. The van der Waals surface area contributed by atoms with E-state index in [9.17, 15) is 8.42 Å². The van der Waals surface area contributed by atoms with E-state index in [1.54, 1.807) is 6.08 Å². The smallest absolute Gasteiger partial charge is 0.211 e. The van der Waals surface area contributed by atoms with Crippen LogP contribution >= 0.6 is 12.4 Å². The van der Waals surface area contributed by atoms with Crippen molar-refractivity contribution in [2.75, 3.05) is 12.3 Å². The summed E-state index contributed by atoms with van der Waals surface area (Å²) in [5.41, 5.74) is 5.77. The zero-order valence-electron chi connectivity index (χ0n) is 8.69. The molecule has 0 heterocycles. The van der Waals surface area contributed by atoms with Crippen molar-refractivity contribution in [3.8, 4) is 0 Å². The van der Waals surface area contributed by atoms with E-state index in [1.807, 2.05) is 0 Å². The van der Waals surface area contributed by atoms with E-state index in [4.69, 9.17) is 5.73 Å². The summed E-state index contributed by atoms with van der Waals surface area (Å²) in [6, 6.07) is -0.0199. The van der Waals surface area contributed by atoms with Crippen molar-refractivity contribution >= 4 is 22.4 Å². The van der Waals surface area contributed by atoms with Gasteiger partial charge in [-0.15, -0.1) is 19.0 Å². The largest absolute Gasteiger partial charge is 0.326 e. The first kappa shape index (κ1) is 14.9. The van der Waals surface area contributed by atoms with Gasteiger partial charge in [0.2, 0.25) is 10.0 Å². The average Bonchev–Trinajstić information content (AvgIpc) is 2.94. The van der Waals surface area contributed by atoms with Gasteiger partial charge in [0.25, 0.3) is 0 Å². The lowest BCUT2D eigenvalue weighted by atomic mass is 10.2. The third-order valence-electron chi connectivity index (χ3n) is 2.36. The van der Waals surface area contributed by atoms with Gasteiger partial charge in [-0.05, 0) is 25.2 Å². The Bertz CT molecular complexity index is 288. The lowest BCUT2D eigenvalue weighted by Crippen LogP contribution is -2.39. The number of rotatable bonds is 7. The second-order valence-corrected chi connectivity index (χ2v) is 5.67. The standard InChI is InChI=1S/C9H18N2O2S.ClH/c1-2-3-6-14(12,13)11-7-9(10)8-4-5-8;/h2,8-9,11H,1,3-7,10H2;1H. The lowest BCUT2D eigenvalue weighted by Gasteiger charge is -2.11. The van der Waals surface area contributed by atoms with Crippen LogP contribution in [-0.4, -0.2) is 26.8 Å². The minimum atomic E-state index is -3.15. The molecule has 0 amide bonds. The molecule has 90 valence electrons. The number of sulfonamides is 1. The summed E-state index contributed by atoms with van der Waals surface area (Å²) in [6.07, 6.45) is 4.35. The molecule has 1 unspecified atom stereocenters. The molecule has 0 aromatic heterocycles. The Hall–Kier alpha value is -0.100. The van der Waals surface area contributed by atoms with E-state index < -0.39 is 10.0 Å². The van der Waals surface area contributed by atoms with Crippen LogP contribution in [0.15, 0.2) is 12.7 Å². The normalized spacial score (nSPS) is 17.9. The zero-order valence-corrected chi connectivity index (χ0v) is 10.3. The Kier molecular flexibility index (Phi) is 6.43. The molecule has 0 radical (unpaired) electrons. The monoisotopic (exact) mass is 254 g/mol. The van der Waals surface area contributed by atoms with E-state index in [2.05, 4.69) is 11.3 Å². The molecule has 0 saturated heterocycles. The van der Waals surface area contributed by atoms with Gasteiger partial charge >= 0.3 is 0 Å². The maximum Gasteiger partial charge on any atom is 0.211 e. The predicted molar refractivity (Wildman–Crippen MR) is 64.6 cm³/mol. The highest BCUT2D eigenvalue weighted by Crippen LogP contribution is 2.31. The van der Waals surface area contributed by atoms with Crippen molar-refractivity contribution in [2.24, 2.45) is 11.7 Å². The highest BCUT2D eigenvalue weighted by Gasteiger charge is 2.28. The summed E-state index contributed by atoms with van der Waals surface area (Å²) in [7, 11) is -3.15. The van der Waals surface area contributed by atoms with E-state index in [0.717, 1.165) is 12.8 Å². The number of halogens is 1. The molecule has 3 N–H and O–H groups in total. The molecule has 1 saturated carbocycles. The highest BCUT2D eigenvalue weighted by atomic mass is 35.5. The molecule has 1 atom stereocenters. The van der Waals surface area contributed by atoms with Crippen LogP contribution in [0.1, 0.15) is 19.3 Å². The van der Waals surface area contributed by atoms with Crippen LogP contribution in [-0.2, 0) is 10.0 Å². The fraction of sp³-hybridized carbons (Fsp3) is 0.778. The minimum absolute atomic E-state index is 0. The van der Waals surface area contributed by atoms with Crippen LogP contribution in [0.2, 0.25) is 0 Å². The van der Waals surface area contributed by atoms with Crippen LogP contribution in [0.3, 0.4) is 0 Å². The number of allylic oxidation sites excluding steroid dienone is 1. The summed E-state index contributed by atoms with van der Waals surface area (Å²) < 4.78 is 25.2. The Balaban J connectivity index is 0.00000196. The van der Waals surface area contributed by atoms with E-state index in [-0.39, 0.29) is 24.2 Å². The first-order valence-electron chi connectivity index (χ1n) is 4.89. The van der Waals surface area contributed by atoms with Crippen molar-refractivity contribution in [3.63, 3.8) is 0 Å². The highest BCUT2D eigenvalue weighted by molar-refractivity contribution is 7.89. The van der Waals surface area contributed by atoms with Gasteiger partial charge < -0.3 is 5.73 Å². The van der Waals surface area contributed by atoms with Crippen molar-refractivity contribution < 1.29 is 8.42 Å². The van der Waals surface area contributed by atoms with Gasteiger partial charge in [0.1, 0.15) is 0 Å². The summed E-state index contributed by atoms with van der Waals surface area (Å²) in [4.78, 5) is 0. The maximum atomic E-state index is 11.3. The second-order valence-electron chi connectivity index (χ2n) is 3.75. The van der Waals surface area contributed by atoms with Gasteiger partial charge in [0.15, 0.2) is 0 Å². The fourth-order valence-electron chi connectivity index (χ4n) is 1.22. The van der Waals surface area contributed by atoms with Crippen molar-refractivity contribution in [2.45, 2.75) is 25.3 Å². The molecule has 15 heavy (non-hydrogen) atoms. The molecule has 0 spiro atoms. The molecule has 0 bridgehead atoms. The Morgan fingerprint density at radius 3 is 2.60 bits per heavy atom. The van der Waals surface area contributed by atoms with Crippen molar-refractivity contribution in [1.29, 1.82) is 0 Å². The molecule has 0 aliphatic heterocycles. The van der Waals surface area contributed by atoms with Crippen molar-refractivity contribution in [3.05, 3.63) is 12.7 Å². The van der Waals surface area contributed by atoms with E-state index in [1.165, 1.54) is 0 Å². The third kappa shape index (κ3) is 6.14. The molecule has 1 aliphatic carbocycles. The summed E-state index contributed by atoms with van der Waals surface area (Å²) >= 11 is 0. The summed E-state index contributed by atoms with van der Waals surface area (Å²) in [6.45, 7) is 3.85. The summed E-state index contributed by atoms with van der Waals surface area (Å²) in [5.74, 6) is 0.630. The van der Waals surface area contributed by atoms with Crippen LogP contribution in [0.5, 0.6) is 0 Å². The predicted octanol–water partition coefficient (Wildman–Crippen LogP) is 0.641. The first-order chi connectivity index (χ1) is 6.55. The SMILES string of the molecule is C=CCCS(=O)(=O)NCC(N)C1CC1.Cl. The summed E-state index contributed by atoms with van der Waals surface area (Å²) in [5, 5.41) is 0. The number of hydrogen-bond donors (Lipinski definition) is 2. The number of hydrogen-bond acceptors (Lipinski definition) is 3. The van der Waals surface area contributed by atoms with Gasteiger partial charge in [-0.2, -0.15) is 0 Å². The number of nitrogens with two attached hydrogens (primary N) is 1. The fourth-order valence-corrected chi connectivity index (χ4v) is 2.29. The van der Waals surface area contributed by atoms with Crippen LogP contribution in [0.25, 0.3) is 0 Å². The molecule has 6 heteroatoms. The second kappa shape index (κ2) is 6.48. The molecule has 1 rings (SSSR count). The third-order valence-corrected chi connectivity index (χ3v) is 3.74. The molecule has 1 aliphatic rings. The van der Waals surface area contributed by atoms with Gasteiger partial charge in [-0.25, -0.2) is 13.1 Å². The Labute approximate surface area is 97.8 Å². The first-order valence-corrected chi connectivity index (χ1v) is 6.54. The van der Waals surface area contributed by atoms with Gasteiger partial charge in [-0.1, -0.05) is 6.08 Å². The topological polar surface area (TPSA) is 72.2 Å². The van der Waals surface area contributed by atoms with Crippen LogP contribution in [0.4, 0.5) is 0 Å². The van der Waals surface area contributed by atoms with Gasteiger partial charge in [0.05, 0.1) is 5.75 Å². The minimum Gasteiger partial charge on any atom is -0.326 e. The lowest BCUT2D eigenvalue weighted by molar-refractivity contribution is 0.547. The molecule has 0 aromatic rings. The van der Waals surface area contributed by atoms with Gasteiger partial charge in [0, 0.05) is 12.6 Å². The van der Waals surface area contributed by atoms with Crippen molar-refractivity contribution in [1.82, 2.24) is 4.72 Å². The van der Waals surface area contributed by atoms with E-state index in [0.29, 0.717) is 18.9 Å². The molecule has 0 aromatic carbocycles. The Morgan fingerprint density at radius 1 is 1.53 bits per heavy atom. The van der Waals surface area contributed by atoms with Crippen LogP contribution < -0.4 is 10.5 Å². The average molecular weight is 255 g/mol. The maximum absolute atomic E-state index is 11.3. The molecular formula is C9H19ClN2O2S. The van der Waals surface area contributed by atoms with E-state index >= 15 is 0 Å². The molecule has 1 fully saturated rings. The Morgan fingerprint density at radius 2 is 2.13 bits per heavy atom. The van der Waals surface area contributed by atoms with Gasteiger partial charge in [-0.3, -0.25) is 0 Å².